The molecule has 3 rings (SSSR count). The van der Waals surface area contributed by atoms with E-state index in [9.17, 15) is 9.90 Å². The van der Waals surface area contributed by atoms with Gasteiger partial charge in [0.2, 0.25) is 5.91 Å². The predicted molar refractivity (Wildman–Crippen MR) is 99.1 cm³/mol. The van der Waals surface area contributed by atoms with Gasteiger partial charge in [-0.2, -0.15) is 0 Å². The molecule has 2 aliphatic heterocycles. The van der Waals surface area contributed by atoms with Gasteiger partial charge in [-0.05, 0) is 32.3 Å². The molecule has 1 spiro atoms. The van der Waals surface area contributed by atoms with Crippen LogP contribution in [-0.4, -0.2) is 60.5 Å². The van der Waals surface area contributed by atoms with Crippen LogP contribution in [0.2, 0.25) is 0 Å². The van der Waals surface area contributed by atoms with Crippen molar-refractivity contribution in [1.29, 1.82) is 0 Å². The molecule has 0 aliphatic carbocycles. The minimum absolute atomic E-state index is 0.0171. The number of benzene rings is 1. The molecule has 0 radical (unpaired) electrons. The molecular formula is C20H30N2O4. The smallest absolute Gasteiger partial charge is 0.234 e. The van der Waals surface area contributed by atoms with E-state index in [1.54, 1.807) is 7.11 Å². The Balaban J connectivity index is 1.45. The second kappa shape index (κ2) is 7.94. The summed E-state index contributed by atoms with van der Waals surface area (Å²) in [5.74, 6) is 0.803. The lowest BCUT2D eigenvalue weighted by atomic mass is 9.78. The molecule has 1 aromatic rings. The van der Waals surface area contributed by atoms with Crippen molar-refractivity contribution >= 4 is 5.91 Å². The summed E-state index contributed by atoms with van der Waals surface area (Å²) in [6.07, 6.45) is 3.11. The van der Waals surface area contributed by atoms with Gasteiger partial charge in [0.05, 0.1) is 31.5 Å². The molecule has 2 aliphatic rings. The van der Waals surface area contributed by atoms with Crippen molar-refractivity contribution < 1.29 is 19.4 Å². The van der Waals surface area contributed by atoms with Crippen LogP contribution in [0, 0.1) is 0 Å². The van der Waals surface area contributed by atoms with E-state index in [1.807, 2.05) is 31.2 Å². The fourth-order valence-electron chi connectivity index (χ4n) is 4.06. The first-order chi connectivity index (χ1) is 12.4. The summed E-state index contributed by atoms with van der Waals surface area (Å²) in [5.41, 5.74) is 0.123. The van der Waals surface area contributed by atoms with Crippen LogP contribution < -0.4 is 10.1 Å². The molecule has 2 heterocycles. The molecule has 6 heteroatoms. The normalized spacial score (nSPS) is 25.8. The number of carbonyl (C=O) groups excluding carboxylic acids is 1. The number of aliphatic hydroxyl groups is 1. The Labute approximate surface area is 155 Å². The van der Waals surface area contributed by atoms with Crippen molar-refractivity contribution in [3.63, 3.8) is 0 Å². The third kappa shape index (κ3) is 4.75. The lowest BCUT2D eigenvalue weighted by Gasteiger charge is -2.48. The van der Waals surface area contributed by atoms with E-state index in [4.69, 9.17) is 9.47 Å². The van der Waals surface area contributed by atoms with Gasteiger partial charge < -0.3 is 19.9 Å². The summed E-state index contributed by atoms with van der Waals surface area (Å²) >= 11 is 0. The Morgan fingerprint density at radius 1 is 1.31 bits per heavy atom. The largest absolute Gasteiger partial charge is 0.496 e. The highest BCUT2D eigenvalue weighted by molar-refractivity contribution is 5.78. The number of piperidine rings is 1. The van der Waals surface area contributed by atoms with Gasteiger partial charge in [0.25, 0.3) is 0 Å². The number of likely N-dealkylation sites (tertiary alicyclic amines) is 1. The lowest BCUT2D eigenvalue weighted by Crippen LogP contribution is -2.54. The third-order valence-corrected chi connectivity index (χ3v) is 5.55. The molecule has 2 N–H and O–H groups in total. The summed E-state index contributed by atoms with van der Waals surface area (Å²) < 4.78 is 11.3. The molecule has 6 nitrogen and oxygen atoms in total. The van der Waals surface area contributed by atoms with Crippen molar-refractivity contribution in [1.82, 2.24) is 10.2 Å². The SMILES string of the molecule is COc1ccccc1CNC(=O)CN1CCC2(CC1)CC(C)(O)CCO2. The molecule has 0 saturated carbocycles. The van der Waals surface area contributed by atoms with Crippen LogP contribution in [-0.2, 0) is 16.1 Å². The molecular weight excluding hydrogens is 332 g/mol. The van der Waals surface area contributed by atoms with E-state index in [2.05, 4.69) is 10.2 Å². The Morgan fingerprint density at radius 3 is 2.73 bits per heavy atom. The maximum atomic E-state index is 12.3. The number of nitrogens with one attached hydrogen (secondary N) is 1. The van der Waals surface area contributed by atoms with Crippen LogP contribution in [0.25, 0.3) is 0 Å². The third-order valence-electron chi connectivity index (χ3n) is 5.55. The fraction of sp³-hybridized carbons (Fsp3) is 0.650. The number of hydrogen-bond donors (Lipinski definition) is 2. The Kier molecular flexibility index (Phi) is 5.85. The Hall–Kier alpha value is -1.63. The summed E-state index contributed by atoms with van der Waals surface area (Å²) in [6.45, 7) is 5.01. The molecule has 1 amide bonds. The zero-order valence-corrected chi connectivity index (χ0v) is 15.8. The van der Waals surface area contributed by atoms with Gasteiger partial charge in [0, 0.05) is 31.6 Å². The van der Waals surface area contributed by atoms with Gasteiger partial charge in [-0.25, -0.2) is 0 Å². The fourth-order valence-corrected chi connectivity index (χ4v) is 4.06. The number of rotatable bonds is 5. The topological polar surface area (TPSA) is 71.0 Å². The summed E-state index contributed by atoms with van der Waals surface area (Å²) in [6, 6.07) is 7.70. The van der Waals surface area contributed by atoms with Crippen LogP contribution >= 0.6 is 0 Å². The highest BCUT2D eigenvalue weighted by Crippen LogP contribution is 2.39. The molecule has 2 fully saturated rings. The maximum Gasteiger partial charge on any atom is 0.234 e. The standard InChI is InChI=1S/C20H30N2O4/c1-19(24)9-12-26-20(15-19)7-10-22(11-8-20)14-18(23)21-13-16-5-3-4-6-17(16)25-2/h3-6,24H,7-15H2,1-2H3,(H,21,23). The first kappa shape index (κ1) is 19.1. The van der Waals surface area contributed by atoms with Crippen molar-refractivity contribution in [3.05, 3.63) is 29.8 Å². The van der Waals surface area contributed by atoms with Gasteiger partial charge in [-0.3, -0.25) is 9.69 Å². The number of hydrogen-bond acceptors (Lipinski definition) is 5. The monoisotopic (exact) mass is 362 g/mol. The predicted octanol–water partition coefficient (Wildman–Crippen LogP) is 1.71. The maximum absolute atomic E-state index is 12.3. The minimum Gasteiger partial charge on any atom is -0.496 e. The van der Waals surface area contributed by atoms with E-state index in [0.29, 0.717) is 32.5 Å². The number of para-hydroxylation sites is 1. The second-order valence-electron chi connectivity index (χ2n) is 7.82. The van der Waals surface area contributed by atoms with Crippen molar-refractivity contribution in [2.75, 3.05) is 33.4 Å². The number of nitrogens with zero attached hydrogens (tertiary/aromatic N) is 1. The van der Waals surface area contributed by atoms with Gasteiger partial charge >= 0.3 is 0 Å². The molecule has 144 valence electrons. The Morgan fingerprint density at radius 2 is 2.04 bits per heavy atom. The van der Waals surface area contributed by atoms with Crippen molar-refractivity contribution in [2.24, 2.45) is 0 Å². The zero-order chi connectivity index (χ0) is 18.6. The molecule has 0 bridgehead atoms. The van der Waals surface area contributed by atoms with Crippen LogP contribution in [0.4, 0.5) is 0 Å². The first-order valence-electron chi connectivity index (χ1n) is 9.39. The number of amides is 1. The summed E-state index contributed by atoms with van der Waals surface area (Å²) in [5, 5.41) is 13.3. The number of carbonyl (C=O) groups is 1. The molecule has 1 unspecified atom stereocenters. The molecule has 26 heavy (non-hydrogen) atoms. The molecule has 1 atom stereocenters. The summed E-state index contributed by atoms with van der Waals surface area (Å²) in [4.78, 5) is 14.5. The first-order valence-corrected chi connectivity index (χ1v) is 9.39. The van der Waals surface area contributed by atoms with E-state index in [1.165, 1.54) is 0 Å². The molecule has 0 aromatic heterocycles. The average Bonchev–Trinajstić information content (AvgIpc) is 2.61. The average molecular weight is 362 g/mol. The van der Waals surface area contributed by atoms with Gasteiger partial charge in [-0.1, -0.05) is 18.2 Å². The van der Waals surface area contributed by atoms with Crippen LogP contribution in [0.15, 0.2) is 24.3 Å². The van der Waals surface area contributed by atoms with Crippen molar-refractivity contribution in [2.45, 2.75) is 50.4 Å². The van der Waals surface area contributed by atoms with E-state index < -0.39 is 5.60 Å². The van der Waals surface area contributed by atoms with Gasteiger partial charge in [-0.15, -0.1) is 0 Å². The molecule has 2 saturated heterocycles. The van der Waals surface area contributed by atoms with Crippen LogP contribution in [0.1, 0.15) is 38.2 Å². The van der Waals surface area contributed by atoms with Crippen LogP contribution in [0.5, 0.6) is 5.75 Å². The number of ether oxygens (including phenoxy) is 2. The summed E-state index contributed by atoms with van der Waals surface area (Å²) in [7, 11) is 1.63. The highest BCUT2D eigenvalue weighted by Gasteiger charge is 2.44. The van der Waals surface area contributed by atoms with E-state index in [-0.39, 0.29) is 11.5 Å². The zero-order valence-electron chi connectivity index (χ0n) is 15.8. The van der Waals surface area contributed by atoms with E-state index >= 15 is 0 Å². The van der Waals surface area contributed by atoms with E-state index in [0.717, 1.165) is 37.2 Å². The Bertz CT molecular complexity index is 624. The van der Waals surface area contributed by atoms with Gasteiger partial charge in [0.1, 0.15) is 5.75 Å². The second-order valence-corrected chi connectivity index (χ2v) is 7.82. The quantitative estimate of drug-likeness (QED) is 0.834. The van der Waals surface area contributed by atoms with Crippen LogP contribution in [0.3, 0.4) is 0 Å². The minimum atomic E-state index is -0.632. The lowest BCUT2D eigenvalue weighted by molar-refractivity contribution is -0.173. The number of methoxy groups -OCH3 is 1. The van der Waals surface area contributed by atoms with Gasteiger partial charge in [0.15, 0.2) is 0 Å². The highest BCUT2D eigenvalue weighted by atomic mass is 16.5. The molecule has 1 aromatic carbocycles. The van der Waals surface area contributed by atoms with Crippen molar-refractivity contribution in [3.8, 4) is 5.75 Å².